The number of nitrogens with zero attached hydrogens (tertiary/aromatic N) is 2. The van der Waals surface area contributed by atoms with Gasteiger partial charge in [-0.2, -0.15) is 0 Å². The Bertz CT molecular complexity index is 253. The van der Waals surface area contributed by atoms with Crippen molar-refractivity contribution >= 4 is 6.09 Å². The van der Waals surface area contributed by atoms with E-state index in [1.165, 1.54) is 0 Å². The van der Waals surface area contributed by atoms with Gasteiger partial charge in [-0.1, -0.05) is 6.92 Å². The van der Waals surface area contributed by atoms with Crippen molar-refractivity contribution in [3.05, 3.63) is 0 Å². The van der Waals surface area contributed by atoms with Crippen molar-refractivity contribution in [1.29, 1.82) is 0 Å². The highest BCUT2D eigenvalue weighted by Crippen LogP contribution is 2.13. The minimum absolute atomic E-state index is 0.179. The normalized spacial score (nSPS) is 20.2. The molecule has 4 heteroatoms. The lowest BCUT2D eigenvalue weighted by atomic mass is 10.2. The van der Waals surface area contributed by atoms with Gasteiger partial charge in [-0.25, -0.2) is 4.79 Å². The first-order chi connectivity index (χ1) is 7.83. The van der Waals surface area contributed by atoms with Crippen LogP contribution in [0.2, 0.25) is 0 Å². The zero-order valence-electron chi connectivity index (χ0n) is 11.8. The molecule has 0 aromatic carbocycles. The summed E-state index contributed by atoms with van der Waals surface area (Å²) in [4.78, 5) is 16.1. The van der Waals surface area contributed by atoms with E-state index in [9.17, 15) is 4.79 Å². The molecular weight excluding hydrogens is 216 g/mol. The summed E-state index contributed by atoms with van der Waals surface area (Å²) in [6.07, 6.45) is 0.980. The van der Waals surface area contributed by atoms with Crippen LogP contribution in [0.4, 0.5) is 4.79 Å². The zero-order chi connectivity index (χ0) is 13.1. The van der Waals surface area contributed by atoms with Crippen LogP contribution in [0.25, 0.3) is 0 Å². The van der Waals surface area contributed by atoms with E-state index in [0.29, 0.717) is 6.04 Å². The second kappa shape index (κ2) is 5.71. The van der Waals surface area contributed by atoms with E-state index >= 15 is 0 Å². The molecule has 0 N–H and O–H groups in total. The average Bonchev–Trinajstić information content (AvgIpc) is 2.26. The van der Waals surface area contributed by atoms with Crippen molar-refractivity contribution in [2.45, 2.75) is 52.7 Å². The second-order valence-corrected chi connectivity index (χ2v) is 5.76. The summed E-state index contributed by atoms with van der Waals surface area (Å²) in [5.41, 5.74) is -0.398. The molecule has 1 amide bonds. The highest BCUT2D eigenvalue weighted by molar-refractivity contribution is 5.68. The number of carbonyl (C=O) groups excluding carboxylic acids is 1. The van der Waals surface area contributed by atoms with Gasteiger partial charge in [0.05, 0.1) is 0 Å². The lowest BCUT2D eigenvalue weighted by molar-refractivity contribution is 0.0110. The van der Waals surface area contributed by atoms with Crippen molar-refractivity contribution in [3.63, 3.8) is 0 Å². The fraction of sp³-hybridized carbons (Fsp3) is 0.923. The predicted octanol–water partition coefficient (Wildman–Crippen LogP) is 2.34. The highest BCUT2D eigenvalue weighted by atomic mass is 16.6. The quantitative estimate of drug-likeness (QED) is 0.745. The summed E-state index contributed by atoms with van der Waals surface area (Å²) in [6, 6.07) is 0.607. The number of hydrogen-bond donors (Lipinski definition) is 0. The van der Waals surface area contributed by atoms with E-state index < -0.39 is 5.60 Å². The molecule has 0 spiro atoms. The van der Waals surface area contributed by atoms with Gasteiger partial charge in [0.1, 0.15) is 5.60 Å². The Labute approximate surface area is 105 Å². The van der Waals surface area contributed by atoms with Crippen LogP contribution < -0.4 is 0 Å². The van der Waals surface area contributed by atoms with Gasteiger partial charge >= 0.3 is 6.09 Å². The Kier molecular flexibility index (Phi) is 4.80. The zero-order valence-corrected chi connectivity index (χ0v) is 11.8. The van der Waals surface area contributed by atoms with Crippen LogP contribution in [-0.2, 0) is 4.74 Å². The maximum absolute atomic E-state index is 11.8. The summed E-state index contributed by atoms with van der Waals surface area (Å²) in [7, 11) is 0. The number of ether oxygens (including phenoxy) is 1. The molecule has 0 aromatic rings. The van der Waals surface area contributed by atoms with Crippen LogP contribution in [0.1, 0.15) is 41.0 Å². The molecule has 0 aliphatic carbocycles. The monoisotopic (exact) mass is 242 g/mol. The van der Waals surface area contributed by atoms with Gasteiger partial charge in [0.2, 0.25) is 0 Å². The molecule has 0 unspecified atom stereocenters. The second-order valence-electron chi connectivity index (χ2n) is 5.76. The minimum Gasteiger partial charge on any atom is -0.444 e. The van der Waals surface area contributed by atoms with Gasteiger partial charge in [0.15, 0.2) is 0 Å². The summed E-state index contributed by atoms with van der Waals surface area (Å²) in [5.74, 6) is 0. The van der Waals surface area contributed by atoms with Crippen LogP contribution >= 0.6 is 0 Å². The topological polar surface area (TPSA) is 32.8 Å². The van der Waals surface area contributed by atoms with Crippen LogP contribution in [0.15, 0.2) is 0 Å². The molecule has 0 aromatic heterocycles. The Morgan fingerprint density at radius 1 is 1.24 bits per heavy atom. The summed E-state index contributed by atoms with van der Waals surface area (Å²) < 4.78 is 5.37. The fourth-order valence-corrected chi connectivity index (χ4v) is 1.93. The number of carbonyl (C=O) groups is 1. The SMILES string of the molecule is CC[C@H](C)N1CCN(C(=O)OC(C)(C)C)CC1. The van der Waals surface area contributed by atoms with Crippen LogP contribution in [-0.4, -0.2) is 53.7 Å². The van der Waals surface area contributed by atoms with Gasteiger partial charge in [0, 0.05) is 32.2 Å². The molecule has 17 heavy (non-hydrogen) atoms. The fourth-order valence-electron chi connectivity index (χ4n) is 1.93. The van der Waals surface area contributed by atoms with Crippen molar-refractivity contribution in [3.8, 4) is 0 Å². The molecule has 4 nitrogen and oxygen atoms in total. The van der Waals surface area contributed by atoms with Crippen molar-refractivity contribution in [2.75, 3.05) is 26.2 Å². The van der Waals surface area contributed by atoms with Gasteiger partial charge in [0.25, 0.3) is 0 Å². The van der Waals surface area contributed by atoms with E-state index in [1.807, 2.05) is 25.7 Å². The largest absolute Gasteiger partial charge is 0.444 e. The van der Waals surface area contributed by atoms with Gasteiger partial charge in [-0.3, -0.25) is 4.90 Å². The average molecular weight is 242 g/mol. The van der Waals surface area contributed by atoms with E-state index in [4.69, 9.17) is 4.74 Å². The molecule has 1 saturated heterocycles. The number of rotatable bonds is 2. The lowest BCUT2D eigenvalue weighted by Gasteiger charge is -2.38. The van der Waals surface area contributed by atoms with E-state index in [0.717, 1.165) is 32.6 Å². The molecule has 1 aliphatic rings. The van der Waals surface area contributed by atoms with Gasteiger partial charge < -0.3 is 9.64 Å². The molecule has 1 atom stereocenters. The standard InChI is InChI=1S/C13H26N2O2/c1-6-11(2)14-7-9-15(10-8-14)12(16)17-13(3,4)5/h11H,6-10H2,1-5H3/t11-/m0/s1. The molecule has 1 rings (SSSR count). The Balaban J connectivity index is 2.39. The third-order valence-electron chi connectivity index (χ3n) is 3.18. The molecule has 1 heterocycles. The van der Waals surface area contributed by atoms with Gasteiger partial charge in [-0.05, 0) is 34.1 Å². The van der Waals surface area contributed by atoms with E-state index in [1.54, 1.807) is 0 Å². The van der Waals surface area contributed by atoms with Crippen molar-refractivity contribution in [1.82, 2.24) is 9.80 Å². The van der Waals surface area contributed by atoms with Crippen LogP contribution in [0, 0.1) is 0 Å². The van der Waals surface area contributed by atoms with E-state index in [-0.39, 0.29) is 6.09 Å². The van der Waals surface area contributed by atoms with Gasteiger partial charge in [-0.15, -0.1) is 0 Å². The number of amides is 1. The summed E-state index contributed by atoms with van der Waals surface area (Å²) in [5, 5.41) is 0. The summed E-state index contributed by atoms with van der Waals surface area (Å²) >= 11 is 0. The number of piperazine rings is 1. The Hall–Kier alpha value is -0.770. The van der Waals surface area contributed by atoms with Crippen molar-refractivity contribution < 1.29 is 9.53 Å². The molecular formula is C13H26N2O2. The molecule has 0 radical (unpaired) electrons. The molecule has 1 fully saturated rings. The van der Waals surface area contributed by atoms with Crippen LogP contribution in [0.3, 0.4) is 0 Å². The predicted molar refractivity (Wildman–Crippen MR) is 69.1 cm³/mol. The van der Waals surface area contributed by atoms with Crippen LogP contribution in [0.5, 0.6) is 0 Å². The molecule has 1 aliphatic heterocycles. The number of hydrogen-bond acceptors (Lipinski definition) is 3. The molecule has 0 bridgehead atoms. The Morgan fingerprint density at radius 3 is 2.18 bits per heavy atom. The Morgan fingerprint density at radius 2 is 1.76 bits per heavy atom. The highest BCUT2D eigenvalue weighted by Gasteiger charge is 2.26. The molecule has 0 saturated carbocycles. The first kappa shape index (κ1) is 14.3. The molecule has 100 valence electrons. The lowest BCUT2D eigenvalue weighted by Crippen LogP contribution is -2.52. The third kappa shape index (κ3) is 4.54. The maximum atomic E-state index is 11.8. The third-order valence-corrected chi connectivity index (χ3v) is 3.18. The smallest absolute Gasteiger partial charge is 0.410 e. The summed E-state index contributed by atoms with van der Waals surface area (Å²) in [6.45, 7) is 13.6. The maximum Gasteiger partial charge on any atom is 0.410 e. The minimum atomic E-state index is -0.398. The first-order valence-corrected chi connectivity index (χ1v) is 6.55. The van der Waals surface area contributed by atoms with Crippen molar-refractivity contribution in [2.24, 2.45) is 0 Å². The first-order valence-electron chi connectivity index (χ1n) is 6.55. The van der Waals surface area contributed by atoms with E-state index in [2.05, 4.69) is 18.7 Å².